The molecule has 3 aromatic rings. The van der Waals surface area contributed by atoms with Crippen molar-refractivity contribution in [2.45, 2.75) is 6.92 Å². The Labute approximate surface area is 134 Å². The number of nitrogens with two attached hydrogens (primary N) is 1. The fourth-order valence-corrected chi connectivity index (χ4v) is 2.66. The van der Waals surface area contributed by atoms with Gasteiger partial charge in [0.05, 0.1) is 15.2 Å². The second-order valence-corrected chi connectivity index (χ2v) is 5.78. The second kappa shape index (κ2) is 5.46. The van der Waals surface area contributed by atoms with Crippen molar-refractivity contribution in [1.29, 1.82) is 0 Å². The average molecular weight is 365 g/mol. The molecular formula is C14H11BrClN5. The van der Waals surface area contributed by atoms with E-state index in [2.05, 4.69) is 31.5 Å². The standard InChI is InChI=1S/C14H11BrClN5/c1-8-5-6-10(16)12(7-8)21-14(18-19-20-21)9-3-2-4-11(17)13(9)15/h2-7H,17H2,1H3. The first-order valence-corrected chi connectivity index (χ1v) is 7.34. The van der Waals surface area contributed by atoms with E-state index in [-0.39, 0.29) is 0 Å². The predicted molar refractivity (Wildman–Crippen MR) is 86.4 cm³/mol. The van der Waals surface area contributed by atoms with E-state index in [0.717, 1.165) is 21.3 Å². The molecule has 5 nitrogen and oxygen atoms in total. The number of aromatic nitrogens is 4. The topological polar surface area (TPSA) is 69.6 Å². The van der Waals surface area contributed by atoms with Crippen molar-refractivity contribution in [1.82, 2.24) is 20.2 Å². The van der Waals surface area contributed by atoms with Gasteiger partial charge in [0.1, 0.15) is 0 Å². The number of anilines is 1. The monoisotopic (exact) mass is 363 g/mol. The average Bonchev–Trinajstić information content (AvgIpc) is 2.93. The molecular weight excluding hydrogens is 354 g/mol. The highest BCUT2D eigenvalue weighted by Gasteiger charge is 2.16. The lowest BCUT2D eigenvalue weighted by molar-refractivity contribution is 0.790. The second-order valence-electron chi connectivity index (χ2n) is 4.58. The van der Waals surface area contributed by atoms with Crippen LogP contribution in [0.5, 0.6) is 0 Å². The lowest BCUT2D eigenvalue weighted by Crippen LogP contribution is -2.02. The first kappa shape index (κ1) is 14.0. The molecule has 0 saturated heterocycles. The lowest BCUT2D eigenvalue weighted by Gasteiger charge is -2.09. The van der Waals surface area contributed by atoms with Gasteiger partial charge in [-0.25, -0.2) is 0 Å². The van der Waals surface area contributed by atoms with Gasteiger partial charge >= 0.3 is 0 Å². The van der Waals surface area contributed by atoms with Crippen LogP contribution in [0.2, 0.25) is 5.02 Å². The molecule has 0 atom stereocenters. The zero-order valence-electron chi connectivity index (χ0n) is 11.1. The van der Waals surface area contributed by atoms with E-state index in [4.69, 9.17) is 17.3 Å². The SMILES string of the molecule is Cc1ccc(Cl)c(-n2nnnc2-c2cccc(N)c2Br)c1. The molecule has 1 heterocycles. The number of benzene rings is 2. The van der Waals surface area contributed by atoms with Crippen LogP contribution < -0.4 is 5.73 Å². The number of nitrogen functional groups attached to an aromatic ring is 1. The maximum Gasteiger partial charge on any atom is 0.188 e. The van der Waals surface area contributed by atoms with Crippen LogP contribution in [0.3, 0.4) is 0 Å². The third kappa shape index (κ3) is 2.52. The molecule has 0 radical (unpaired) electrons. The summed E-state index contributed by atoms with van der Waals surface area (Å²) in [4.78, 5) is 0. The van der Waals surface area contributed by atoms with E-state index < -0.39 is 0 Å². The zero-order chi connectivity index (χ0) is 15.0. The summed E-state index contributed by atoms with van der Waals surface area (Å²) in [7, 11) is 0. The molecule has 7 heteroatoms. The molecule has 0 bridgehead atoms. The summed E-state index contributed by atoms with van der Waals surface area (Å²) in [6, 6.07) is 11.3. The van der Waals surface area contributed by atoms with Crippen LogP contribution in [0.15, 0.2) is 40.9 Å². The van der Waals surface area contributed by atoms with Crippen LogP contribution in [0.25, 0.3) is 17.1 Å². The van der Waals surface area contributed by atoms with Gasteiger partial charge in [0.25, 0.3) is 0 Å². The van der Waals surface area contributed by atoms with Crippen LogP contribution >= 0.6 is 27.5 Å². The van der Waals surface area contributed by atoms with Crippen LogP contribution in [0.1, 0.15) is 5.56 Å². The predicted octanol–water partition coefficient (Wildman–Crippen LogP) is 3.64. The number of aryl methyl sites for hydroxylation is 1. The highest BCUT2D eigenvalue weighted by molar-refractivity contribution is 9.10. The third-order valence-corrected chi connectivity index (χ3v) is 4.27. The van der Waals surface area contributed by atoms with Crippen LogP contribution in [0, 0.1) is 6.92 Å². The van der Waals surface area contributed by atoms with Crippen LogP contribution in [-0.2, 0) is 0 Å². The Morgan fingerprint density at radius 3 is 2.86 bits per heavy atom. The number of halogens is 2. The Balaban J connectivity index is 2.22. The first-order valence-electron chi connectivity index (χ1n) is 6.17. The summed E-state index contributed by atoms with van der Waals surface area (Å²) < 4.78 is 2.36. The Kier molecular flexibility index (Phi) is 3.65. The fourth-order valence-electron chi connectivity index (χ4n) is 2.02. The highest BCUT2D eigenvalue weighted by Crippen LogP contribution is 2.33. The van der Waals surface area contributed by atoms with Gasteiger partial charge in [-0.3, -0.25) is 0 Å². The number of hydrogen-bond donors (Lipinski definition) is 1. The third-order valence-electron chi connectivity index (χ3n) is 3.07. The van der Waals surface area contributed by atoms with Crippen molar-refractivity contribution in [3.05, 3.63) is 51.5 Å². The van der Waals surface area contributed by atoms with Gasteiger partial charge in [-0.05, 0) is 63.1 Å². The molecule has 3 rings (SSSR count). The molecule has 2 N–H and O–H groups in total. The summed E-state index contributed by atoms with van der Waals surface area (Å²) >= 11 is 9.74. The normalized spacial score (nSPS) is 10.8. The number of hydrogen-bond acceptors (Lipinski definition) is 4. The fraction of sp³-hybridized carbons (Fsp3) is 0.0714. The number of tetrazole rings is 1. The Hall–Kier alpha value is -1.92. The molecule has 0 aliphatic rings. The number of nitrogens with zero attached hydrogens (tertiary/aromatic N) is 4. The molecule has 0 aliphatic carbocycles. The molecule has 0 aliphatic heterocycles. The maximum atomic E-state index is 6.27. The van der Waals surface area contributed by atoms with Gasteiger partial charge in [0.15, 0.2) is 5.82 Å². The van der Waals surface area contributed by atoms with Crippen molar-refractivity contribution in [3.8, 4) is 17.1 Å². The smallest absolute Gasteiger partial charge is 0.188 e. The molecule has 0 spiro atoms. The van der Waals surface area contributed by atoms with Gasteiger partial charge in [0, 0.05) is 11.3 Å². The molecule has 21 heavy (non-hydrogen) atoms. The Bertz CT molecular complexity index is 798. The largest absolute Gasteiger partial charge is 0.398 e. The van der Waals surface area contributed by atoms with E-state index in [1.807, 2.05) is 37.3 Å². The van der Waals surface area contributed by atoms with E-state index in [0.29, 0.717) is 16.5 Å². The van der Waals surface area contributed by atoms with Crippen molar-refractivity contribution in [2.24, 2.45) is 0 Å². The Morgan fingerprint density at radius 1 is 1.24 bits per heavy atom. The van der Waals surface area contributed by atoms with Crippen molar-refractivity contribution in [3.63, 3.8) is 0 Å². The van der Waals surface area contributed by atoms with Gasteiger partial charge in [0.2, 0.25) is 0 Å². The summed E-state index contributed by atoms with van der Waals surface area (Å²) in [5.41, 5.74) is 9.14. The van der Waals surface area contributed by atoms with Gasteiger partial charge in [-0.2, -0.15) is 4.68 Å². The van der Waals surface area contributed by atoms with E-state index >= 15 is 0 Å². The van der Waals surface area contributed by atoms with Crippen molar-refractivity contribution >= 4 is 33.2 Å². The molecule has 0 amide bonds. The van der Waals surface area contributed by atoms with Gasteiger partial charge in [-0.1, -0.05) is 23.7 Å². The van der Waals surface area contributed by atoms with Crippen molar-refractivity contribution < 1.29 is 0 Å². The molecule has 2 aromatic carbocycles. The quantitative estimate of drug-likeness (QED) is 0.705. The zero-order valence-corrected chi connectivity index (χ0v) is 13.4. The number of rotatable bonds is 2. The summed E-state index contributed by atoms with van der Waals surface area (Å²) in [5.74, 6) is 0.571. The minimum absolute atomic E-state index is 0.571. The first-order chi connectivity index (χ1) is 10.1. The Morgan fingerprint density at radius 2 is 2.05 bits per heavy atom. The van der Waals surface area contributed by atoms with Crippen LogP contribution in [0.4, 0.5) is 5.69 Å². The maximum absolute atomic E-state index is 6.27. The molecule has 0 unspecified atom stereocenters. The van der Waals surface area contributed by atoms with E-state index in [1.54, 1.807) is 10.7 Å². The van der Waals surface area contributed by atoms with E-state index in [9.17, 15) is 0 Å². The minimum atomic E-state index is 0.571. The minimum Gasteiger partial charge on any atom is -0.398 e. The summed E-state index contributed by atoms with van der Waals surface area (Å²) in [6.07, 6.45) is 0. The molecule has 1 aromatic heterocycles. The summed E-state index contributed by atoms with van der Waals surface area (Å²) in [6.45, 7) is 1.99. The molecule has 0 saturated carbocycles. The van der Waals surface area contributed by atoms with E-state index in [1.165, 1.54) is 0 Å². The molecule has 106 valence electrons. The van der Waals surface area contributed by atoms with Crippen LogP contribution in [-0.4, -0.2) is 20.2 Å². The summed E-state index contributed by atoms with van der Waals surface area (Å²) in [5, 5.41) is 12.5. The van der Waals surface area contributed by atoms with Crippen molar-refractivity contribution in [2.75, 3.05) is 5.73 Å². The highest BCUT2D eigenvalue weighted by atomic mass is 79.9. The molecule has 0 fully saturated rings. The lowest BCUT2D eigenvalue weighted by atomic mass is 10.1. The van der Waals surface area contributed by atoms with Gasteiger partial charge in [-0.15, -0.1) is 5.10 Å². The van der Waals surface area contributed by atoms with Gasteiger partial charge < -0.3 is 5.73 Å².